The molecule has 72 valence electrons. The van der Waals surface area contributed by atoms with Crippen molar-refractivity contribution in [2.75, 3.05) is 0 Å². The van der Waals surface area contributed by atoms with E-state index >= 15 is 0 Å². The van der Waals surface area contributed by atoms with Crippen molar-refractivity contribution in [3.05, 3.63) is 45.7 Å². The van der Waals surface area contributed by atoms with Gasteiger partial charge in [0.05, 0.1) is 21.7 Å². The first-order valence-corrected chi connectivity index (χ1v) is 5.10. The molecule has 14 heavy (non-hydrogen) atoms. The number of pyridine rings is 1. The average Bonchev–Trinajstić information content (AvgIpc) is 2.14. The van der Waals surface area contributed by atoms with Gasteiger partial charge in [-0.05, 0) is 26.0 Å². The van der Waals surface area contributed by atoms with Crippen LogP contribution in [0.2, 0.25) is 0 Å². The predicted octanol–water partition coefficient (Wildman–Crippen LogP) is 2.78. The van der Waals surface area contributed by atoms with Crippen molar-refractivity contribution < 1.29 is 0 Å². The third-order valence-electron chi connectivity index (χ3n) is 2.28. The summed E-state index contributed by atoms with van der Waals surface area (Å²) < 4.78 is 1.85. The molecule has 0 spiro atoms. The van der Waals surface area contributed by atoms with E-state index in [1.807, 2.05) is 35.6 Å². The highest BCUT2D eigenvalue weighted by atomic mass is 79.9. The van der Waals surface area contributed by atoms with Crippen LogP contribution in [0.4, 0.5) is 0 Å². The summed E-state index contributed by atoms with van der Waals surface area (Å²) in [6.45, 7) is 3.88. The fourth-order valence-corrected chi connectivity index (χ4v) is 1.94. The van der Waals surface area contributed by atoms with Gasteiger partial charge in [-0.15, -0.1) is 0 Å². The number of hydrogen-bond donors (Lipinski definition) is 0. The van der Waals surface area contributed by atoms with Crippen molar-refractivity contribution in [3.8, 4) is 0 Å². The van der Waals surface area contributed by atoms with Crippen LogP contribution in [0.15, 0.2) is 29.1 Å². The van der Waals surface area contributed by atoms with E-state index in [1.165, 1.54) is 0 Å². The number of halogens is 1. The van der Waals surface area contributed by atoms with Crippen LogP contribution in [0.3, 0.4) is 0 Å². The van der Waals surface area contributed by atoms with E-state index in [4.69, 9.17) is 0 Å². The molecule has 0 aliphatic carbocycles. The van der Waals surface area contributed by atoms with Gasteiger partial charge in [0.2, 0.25) is 0 Å². The Kier molecular flexibility index (Phi) is 2.19. The smallest absolute Gasteiger partial charge is 0.189 e. The summed E-state index contributed by atoms with van der Waals surface area (Å²) in [6.07, 6.45) is 0. The molecule has 2 nitrogen and oxygen atoms in total. The van der Waals surface area contributed by atoms with E-state index in [9.17, 15) is 4.79 Å². The zero-order valence-electron chi connectivity index (χ0n) is 8.04. The molecule has 0 radical (unpaired) electrons. The van der Waals surface area contributed by atoms with Crippen LogP contribution >= 0.6 is 16.1 Å². The zero-order chi connectivity index (χ0) is 10.3. The summed E-state index contributed by atoms with van der Waals surface area (Å²) in [4.78, 5) is 11.7. The average molecular weight is 252 g/mol. The minimum Gasteiger partial charge on any atom is -0.289 e. The maximum Gasteiger partial charge on any atom is 0.189 e. The molecule has 1 aromatic carbocycles. The molecule has 0 fully saturated rings. The SMILES string of the molecule is Cc1ccc2c(c1)c(=O)cc(C)n2Br. The molecule has 0 saturated carbocycles. The number of aromatic nitrogens is 1. The van der Waals surface area contributed by atoms with E-state index < -0.39 is 0 Å². The van der Waals surface area contributed by atoms with Gasteiger partial charge in [0.15, 0.2) is 5.43 Å². The standard InChI is InChI=1S/C11H10BrNO/c1-7-3-4-10-9(5-7)11(14)6-8(2)13(10)12/h3-6H,1-2H3. The Labute approximate surface area is 90.5 Å². The fraction of sp³-hybridized carbons (Fsp3) is 0.182. The summed E-state index contributed by atoms with van der Waals surface area (Å²) in [5.41, 5.74) is 3.01. The van der Waals surface area contributed by atoms with Gasteiger partial charge in [0.25, 0.3) is 0 Å². The summed E-state index contributed by atoms with van der Waals surface area (Å²) in [6, 6.07) is 7.50. The van der Waals surface area contributed by atoms with Crippen molar-refractivity contribution >= 4 is 27.1 Å². The highest BCUT2D eigenvalue weighted by Gasteiger charge is 2.03. The molecule has 3 heteroatoms. The Morgan fingerprint density at radius 2 is 1.93 bits per heavy atom. The Hall–Kier alpha value is -1.09. The number of rotatable bonds is 0. The van der Waals surface area contributed by atoms with Gasteiger partial charge in [0, 0.05) is 17.1 Å². The number of benzene rings is 1. The maximum absolute atomic E-state index is 11.7. The van der Waals surface area contributed by atoms with Gasteiger partial charge in [-0.25, -0.2) is 0 Å². The van der Waals surface area contributed by atoms with E-state index in [2.05, 4.69) is 16.1 Å². The Bertz CT molecular complexity index is 557. The van der Waals surface area contributed by atoms with Crippen LogP contribution < -0.4 is 5.43 Å². The molecule has 1 aromatic heterocycles. The second kappa shape index (κ2) is 3.24. The Balaban J connectivity index is 3.02. The molecule has 0 unspecified atom stereocenters. The minimum absolute atomic E-state index is 0.0805. The largest absolute Gasteiger partial charge is 0.289 e. The first-order chi connectivity index (χ1) is 6.59. The van der Waals surface area contributed by atoms with Gasteiger partial charge in [-0.2, -0.15) is 0 Å². The normalized spacial score (nSPS) is 10.8. The fourth-order valence-electron chi connectivity index (χ4n) is 1.53. The molecular weight excluding hydrogens is 242 g/mol. The summed E-state index contributed by atoms with van der Waals surface area (Å²) in [7, 11) is 0. The molecule has 0 aliphatic heterocycles. The van der Waals surface area contributed by atoms with E-state index in [0.29, 0.717) is 0 Å². The molecule has 0 N–H and O–H groups in total. The summed E-state index contributed by atoms with van der Waals surface area (Å²) in [5.74, 6) is 0. The molecule has 0 saturated heterocycles. The van der Waals surface area contributed by atoms with E-state index in [1.54, 1.807) is 6.07 Å². The number of hydrogen-bond acceptors (Lipinski definition) is 1. The molecule has 0 atom stereocenters. The molecule has 0 bridgehead atoms. The Morgan fingerprint density at radius 3 is 2.64 bits per heavy atom. The first-order valence-electron chi connectivity index (χ1n) is 4.39. The second-order valence-corrected chi connectivity index (χ2v) is 4.16. The quantitative estimate of drug-likeness (QED) is 0.706. The van der Waals surface area contributed by atoms with E-state index in [-0.39, 0.29) is 5.43 Å². The van der Waals surface area contributed by atoms with Crippen molar-refractivity contribution in [1.82, 2.24) is 3.59 Å². The molecular formula is C11H10BrNO. The molecule has 2 rings (SSSR count). The van der Waals surface area contributed by atoms with E-state index in [0.717, 1.165) is 22.2 Å². The van der Waals surface area contributed by atoms with Crippen molar-refractivity contribution in [1.29, 1.82) is 0 Å². The predicted molar refractivity (Wildman–Crippen MR) is 62.0 cm³/mol. The van der Waals surface area contributed by atoms with Crippen LogP contribution in [0.5, 0.6) is 0 Å². The van der Waals surface area contributed by atoms with Crippen LogP contribution in [-0.2, 0) is 0 Å². The first kappa shape index (κ1) is 9.46. The maximum atomic E-state index is 11.7. The summed E-state index contributed by atoms with van der Waals surface area (Å²) in [5, 5.41) is 0.757. The van der Waals surface area contributed by atoms with Gasteiger partial charge in [-0.1, -0.05) is 11.6 Å². The summed E-state index contributed by atoms with van der Waals surface area (Å²) >= 11 is 3.42. The van der Waals surface area contributed by atoms with Crippen LogP contribution in [0.25, 0.3) is 10.9 Å². The third-order valence-corrected chi connectivity index (χ3v) is 3.22. The topological polar surface area (TPSA) is 22.0 Å². The highest BCUT2D eigenvalue weighted by Crippen LogP contribution is 2.16. The lowest BCUT2D eigenvalue weighted by molar-refractivity contribution is 1.19. The second-order valence-electron chi connectivity index (χ2n) is 3.45. The van der Waals surface area contributed by atoms with Gasteiger partial charge in [-0.3, -0.25) is 8.39 Å². The van der Waals surface area contributed by atoms with Gasteiger partial charge >= 0.3 is 0 Å². The Morgan fingerprint density at radius 1 is 1.21 bits per heavy atom. The van der Waals surface area contributed by atoms with Crippen molar-refractivity contribution in [2.45, 2.75) is 13.8 Å². The van der Waals surface area contributed by atoms with Crippen LogP contribution in [0, 0.1) is 13.8 Å². The molecule has 0 amide bonds. The molecule has 2 aromatic rings. The number of nitrogens with zero attached hydrogens (tertiary/aromatic N) is 1. The van der Waals surface area contributed by atoms with Gasteiger partial charge in [0.1, 0.15) is 0 Å². The lowest BCUT2D eigenvalue weighted by atomic mass is 10.1. The lowest BCUT2D eigenvalue weighted by Crippen LogP contribution is -2.06. The minimum atomic E-state index is 0.0805. The molecule has 1 heterocycles. The van der Waals surface area contributed by atoms with Gasteiger partial charge < -0.3 is 0 Å². The number of fused-ring (bicyclic) bond motifs is 1. The third kappa shape index (κ3) is 1.38. The molecule has 0 aliphatic rings. The monoisotopic (exact) mass is 251 g/mol. The van der Waals surface area contributed by atoms with Crippen LogP contribution in [0.1, 0.15) is 11.3 Å². The highest BCUT2D eigenvalue weighted by molar-refractivity contribution is 9.08. The van der Waals surface area contributed by atoms with Crippen LogP contribution in [-0.4, -0.2) is 3.59 Å². The lowest BCUT2D eigenvalue weighted by Gasteiger charge is -2.06. The zero-order valence-corrected chi connectivity index (χ0v) is 9.63. The van der Waals surface area contributed by atoms with Crippen molar-refractivity contribution in [3.63, 3.8) is 0 Å². The number of aryl methyl sites for hydroxylation is 2. The van der Waals surface area contributed by atoms with Crippen molar-refractivity contribution in [2.24, 2.45) is 0 Å².